The van der Waals surface area contributed by atoms with E-state index in [-0.39, 0.29) is 17.5 Å². The molecule has 8 heteroatoms. The van der Waals surface area contributed by atoms with E-state index in [4.69, 9.17) is 4.42 Å². The van der Waals surface area contributed by atoms with Crippen LogP contribution in [0, 0.1) is 0 Å². The van der Waals surface area contributed by atoms with Gasteiger partial charge in [-0.2, -0.15) is 5.10 Å². The van der Waals surface area contributed by atoms with Crippen LogP contribution in [0.5, 0.6) is 0 Å². The van der Waals surface area contributed by atoms with Gasteiger partial charge in [0.05, 0.1) is 11.1 Å². The first-order valence-electron chi connectivity index (χ1n) is 7.33. The van der Waals surface area contributed by atoms with Crippen molar-refractivity contribution in [2.75, 3.05) is 11.9 Å². The molecule has 0 aliphatic rings. The molecule has 0 aromatic carbocycles. The number of amides is 2. The Kier molecular flexibility index (Phi) is 4.76. The average Bonchev–Trinajstić information content (AvgIpc) is 3.29. The van der Waals surface area contributed by atoms with Crippen molar-refractivity contribution in [1.29, 1.82) is 0 Å². The van der Waals surface area contributed by atoms with Gasteiger partial charge in [-0.05, 0) is 23.6 Å². The summed E-state index contributed by atoms with van der Waals surface area (Å²) in [5.74, 6) is 0.747. The largest absolute Gasteiger partial charge is 0.469 e. The molecule has 3 rings (SSSR count). The summed E-state index contributed by atoms with van der Waals surface area (Å²) in [5, 5.41) is 11.5. The van der Waals surface area contributed by atoms with E-state index in [1.807, 2.05) is 11.4 Å². The van der Waals surface area contributed by atoms with Crippen LogP contribution in [0.1, 0.15) is 25.9 Å². The Morgan fingerprint density at radius 2 is 2.17 bits per heavy atom. The lowest BCUT2D eigenvalue weighted by molar-refractivity contribution is 0.0947. The van der Waals surface area contributed by atoms with E-state index in [9.17, 15) is 9.59 Å². The first-order valence-corrected chi connectivity index (χ1v) is 8.21. The summed E-state index contributed by atoms with van der Waals surface area (Å²) in [6.07, 6.45) is 2.20. The molecule has 2 N–H and O–H groups in total. The summed E-state index contributed by atoms with van der Waals surface area (Å²) in [6, 6.07) is 8.75. The SMILES string of the molecule is Cn1nc(C(=O)NCCc2ccco2)cc1NC(=O)c1cccs1. The molecule has 124 valence electrons. The van der Waals surface area contributed by atoms with E-state index in [2.05, 4.69) is 15.7 Å². The molecule has 0 bridgehead atoms. The second kappa shape index (κ2) is 7.14. The highest BCUT2D eigenvalue weighted by atomic mass is 32.1. The minimum Gasteiger partial charge on any atom is -0.469 e. The van der Waals surface area contributed by atoms with Gasteiger partial charge in [0.15, 0.2) is 5.69 Å². The number of hydrogen-bond donors (Lipinski definition) is 2. The molecule has 0 saturated carbocycles. The van der Waals surface area contributed by atoms with E-state index in [0.29, 0.717) is 23.7 Å². The number of rotatable bonds is 6. The number of carbonyl (C=O) groups is 2. The van der Waals surface area contributed by atoms with Crippen molar-refractivity contribution in [3.05, 3.63) is 58.3 Å². The molecule has 0 atom stereocenters. The van der Waals surface area contributed by atoms with E-state index < -0.39 is 0 Å². The van der Waals surface area contributed by atoms with E-state index in [1.165, 1.54) is 16.0 Å². The highest BCUT2D eigenvalue weighted by molar-refractivity contribution is 7.12. The van der Waals surface area contributed by atoms with Gasteiger partial charge in [0, 0.05) is 26.1 Å². The molecule has 0 saturated heterocycles. The number of thiophene rings is 1. The lowest BCUT2D eigenvalue weighted by atomic mass is 10.3. The standard InChI is InChI=1S/C16H16N4O3S/c1-20-14(18-16(22)13-5-3-9-24-13)10-12(19-20)15(21)17-7-6-11-4-2-8-23-11/h2-5,8-10H,6-7H2,1H3,(H,17,21)(H,18,22). The number of hydrogen-bond acceptors (Lipinski definition) is 5. The van der Waals surface area contributed by atoms with E-state index in [0.717, 1.165) is 5.76 Å². The van der Waals surface area contributed by atoms with Crippen LogP contribution in [-0.4, -0.2) is 28.1 Å². The zero-order valence-electron chi connectivity index (χ0n) is 13.0. The lowest BCUT2D eigenvalue weighted by Crippen LogP contribution is -2.26. The normalized spacial score (nSPS) is 10.5. The maximum absolute atomic E-state index is 12.1. The summed E-state index contributed by atoms with van der Waals surface area (Å²) in [4.78, 5) is 24.8. The minimum atomic E-state index is -0.297. The van der Waals surface area contributed by atoms with Crippen molar-refractivity contribution < 1.29 is 14.0 Å². The maximum atomic E-state index is 12.1. The van der Waals surface area contributed by atoms with Crippen molar-refractivity contribution >= 4 is 29.0 Å². The fourth-order valence-electron chi connectivity index (χ4n) is 2.13. The fourth-order valence-corrected chi connectivity index (χ4v) is 2.74. The van der Waals surface area contributed by atoms with Crippen LogP contribution in [0.4, 0.5) is 5.82 Å². The smallest absolute Gasteiger partial charge is 0.271 e. The van der Waals surface area contributed by atoms with Crippen LogP contribution in [-0.2, 0) is 13.5 Å². The highest BCUT2D eigenvalue weighted by Crippen LogP contribution is 2.14. The van der Waals surface area contributed by atoms with Gasteiger partial charge in [0.25, 0.3) is 11.8 Å². The highest BCUT2D eigenvalue weighted by Gasteiger charge is 2.15. The van der Waals surface area contributed by atoms with Gasteiger partial charge in [0.2, 0.25) is 0 Å². The van der Waals surface area contributed by atoms with E-state index in [1.54, 1.807) is 37.6 Å². The summed E-state index contributed by atoms with van der Waals surface area (Å²) in [5.41, 5.74) is 0.249. The van der Waals surface area contributed by atoms with Gasteiger partial charge in [-0.15, -0.1) is 11.3 Å². The molecule has 24 heavy (non-hydrogen) atoms. The number of nitrogens with one attached hydrogen (secondary N) is 2. The van der Waals surface area contributed by atoms with Gasteiger partial charge < -0.3 is 15.1 Å². The maximum Gasteiger partial charge on any atom is 0.271 e. The zero-order chi connectivity index (χ0) is 16.9. The fraction of sp³-hybridized carbons (Fsp3) is 0.188. The monoisotopic (exact) mass is 344 g/mol. The first-order chi connectivity index (χ1) is 11.6. The van der Waals surface area contributed by atoms with Crippen LogP contribution >= 0.6 is 11.3 Å². The Bertz CT molecular complexity index is 822. The second-order valence-electron chi connectivity index (χ2n) is 5.06. The topological polar surface area (TPSA) is 89.2 Å². The van der Waals surface area contributed by atoms with Crippen molar-refractivity contribution in [3.8, 4) is 0 Å². The van der Waals surface area contributed by atoms with Crippen molar-refractivity contribution in [2.24, 2.45) is 7.05 Å². The average molecular weight is 344 g/mol. The number of anilines is 1. The molecule has 2 amide bonds. The third-order valence-electron chi connectivity index (χ3n) is 3.34. The van der Waals surface area contributed by atoms with Gasteiger partial charge in [0.1, 0.15) is 11.6 Å². The van der Waals surface area contributed by atoms with Crippen molar-refractivity contribution in [1.82, 2.24) is 15.1 Å². The molecule has 3 aromatic heterocycles. The zero-order valence-corrected chi connectivity index (χ0v) is 13.8. The Hall–Kier alpha value is -2.87. The van der Waals surface area contributed by atoms with Crippen LogP contribution in [0.2, 0.25) is 0 Å². The van der Waals surface area contributed by atoms with Gasteiger partial charge in [-0.3, -0.25) is 14.3 Å². The quantitative estimate of drug-likeness (QED) is 0.718. The molecule has 0 fully saturated rings. The summed E-state index contributed by atoms with van der Waals surface area (Å²) in [6.45, 7) is 0.444. The summed E-state index contributed by atoms with van der Waals surface area (Å²) < 4.78 is 6.67. The van der Waals surface area contributed by atoms with Gasteiger partial charge in [-0.1, -0.05) is 6.07 Å². The number of carbonyl (C=O) groups excluding carboxylic acids is 2. The van der Waals surface area contributed by atoms with Crippen LogP contribution < -0.4 is 10.6 Å². The van der Waals surface area contributed by atoms with Crippen LogP contribution in [0.25, 0.3) is 0 Å². The Labute approximate surface area is 142 Å². The third-order valence-corrected chi connectivity index (χ3v) is 4.20. The molecule has 0 aliphatic carbocycles. The minimum absolute atomic E-state index is 0.224. The van der Waals surface area contributed by atoms with Crippen molar-refractivity contribution in [2.45, 2.75) is 6.42 Å². The Morgan fingerprint density at radius 1 is 1.29 bits per heavy atom. The molecular formula is C16H16N4O3S. The molecule has 0 unspecified atom stereocenters. The summed E-state index contributed by atoms with van der Waals surface area (Å²) >= 11 is 1.35. The van der Waals surface area contributed by atoms with Crippen molar-refractivity contribution in [3.63, 3.8) is 0 Å². The number of aromatic nitrogens is 2. The van der Waals surface area contributed by atoms with Gasteiger partial charge >= 0.3 is 0 Å². The molecule has 0 spiro atoms. The Balaban J connectivity index is 1.58. The van der Waals surface area contributed by atoms with Crippen LogP contribution in [0.3, 0.4) is 0 Å². The summed E-state index contributed by atoms with van der Waals surface area (Å²) in [7, 11) is 1.67. The number of aryl methyl sites for hydroxylation is 1. The predicted molar refractivity (Wildman–Crippen MR) is 90.2 cm³/mol. The third kappa shape index (κ3) is 3.72. The molecule has 0 aliphatic heterocycles. The second-order valence-corrected chi connectivity index (χ2v) is 6.00. The molecule has 3 heterocycles. The van der Waals surface area contributed by atoms with Gasteiger partial charge in [-0.25, -0.2) is 0 Å². The lowest BCUT2D eigenvalue weighted by Gasteiger charge is -2.02. The predicted octanol–water partition coefficient (Wildman–Crippen LogP) is 2.30. The molecule has 3 aromatic rings. The number of furan rings is 1. The van der Waals surface area contributed by atoms with E-state index >= 15 is 0 Å². The molecule has 0 radical (unpaired) electrons. The molecular weight excluding hydrogens is 328 g/mol. The Morgan fingerprint density at radius 3 is 2.88 bits per heavy atom. The molecule has 7 nitrogen and oxygen atoms in total. The number of nitrogens with zero attached hydrogens (tertiary/aromatic N) is 2. The first kappa shape index (κ1) is 16.0. The van der Waals surface area contributed by atoms with Crippen LogP contribution in [0.15, 0.2) is 46.4 Å².